The summed E-state index contributed by atoms with van der Waals surface area (Å²) in [4.78, 5) is 0. The van der Waals surface area contributed by atoms with Crippen LogP contribution in [-0.2, 0) is 0 Å². The summed E-state index contributed by atoms with van der Waals surface area (Å²) in [5, 5.41) is 0. The normalized spacial score (nSPS) is 12.6. The standard InChI is InChI=1S/C8H20N.BrH/c1-7-9(5,6)8(2,3)4;/h7H2,1-6H3;1H/q+1;/p-1. The van der Waals surface area contributed by atoms with E-state index in [9.17, 15) is 0 Å². The van der Waals surface area contributed by atoms with Gasteiger partial charge in [-0.1, -0.05) is 0 Å². The van der Waals surface area contributed by atoms with Crippen LogP contribution in [0.25, 0.3) is 0 Å². The lowest BCUT2D eigenvalue weighted by Crippen LogP contribution is -3.00. The van der Waals surface area contributed by atoms with E-state index in [1.165, 1.54) is 6.54 Å². The molecule has 0 saturated carbocycles. The van der Waals surface area contributed by atoms with E-state index >= 15 is 0 Å². The third kappa shape index (κ3) is 3.02. The topological polar surface area (TPSA) is 0 Å². The fraction of sp³-hybridized carbons (Fsp3) is 1.00. The molecule has 0 saturated heterocycles. The van der Waals surface area contributed by atoms with Gasteiger partial charge in [0.1, 0.15) is 0 Å². The van der Waals surface area contributed by atoms with Gasteiger partial charge >= 0.3 is 0 Å². The Morgan fingerprint density at radius 1 is 1.10 bits per heavy atom. The molecule has 0 aromatic rings. The fourth-order valence-electron chi connectivity index (χ4n) is 0.474. The minimum Gasteiger partial charge on any atom is -1.00 e. The second-order valence-corrected chi connectivity index (χ2v) is 4.17. The molecule has 2 heteroatoms. The van der Waals surface area contributed by atoms with Gasteiger partial charge in [-0.15, -0.1) is 0 Å². The zero-order valence-corrected chi connectivity index (χ0v) is 9.62. The molecule has 1 nitrogen and oxygen atoms in total. The van der Waals surface area contributed by atoms with E-state index in [0.29, 0.717) is 5.54 Å². The van der Waals surface area contributed by atoms with E-state index in [2.05, 4.69) is 41.8 Å². The molecule has 0 rings (SSSR count). The molecular formula is C8H20BrN. The number of nitrogens with zero attached hydrogens (tertiary/aromatic N) is 1. The Morgan fingerprint density at radius 2 is 1.40 bits per heavy atom. The van der Waals surface area contributed by atoms with Crippen LogP contribution in [0.3, 0.4) is 0 Å². The Balaban J connectivity index is 0. The maximum atomic E-state index is 2.27. The quantitative estimate of drug-likeness (QED) is 0.481. The first kappa shape index (κ1) is 13.1. The first-order valence-corrected chi connectivity index (χ1v) is 3.64. The third-order valence-electron chi connectivity index (χ3n) is 2.61. The molecule has 0 aliphatic heterocycles. The van der Waals surface area contributed by atoms with Gasteiger partial charge in [-0.25, -0.2) is 0 Å². The Bertz CT molecular complexity index is 91.9. The summed E-state index contributed by atoms with van der Waals surface area (Å²) >= 11 is 0. The minimum atomic E-state index is 0. The van der Waals surface area contributed by atoms with Gasteiger partial charge in [0.05, 0.1) is 26.2 Å². The third-order valence-corrected chi connectivity index (χ3v) is 2.61. The summed E-state index contributed by atoms with van der Waals surface area (Å²) < 4.78 is 1.09. The van der Waals surface area contributed by atoms with Crippen LogP contribution in [-0.4, -0.2) is 30.7 Å². The van der Waals surface area contributed by atoms with Crippen LogP contribution in [0.5, 0.6) is 0 Å². The van der Waals surface area contributed by atoms with Gasteiger partial charge in [-0.05, 0) is 27.7 Å². The van der Waals surface area contributed by atoms with E-state index in [-0.39, 0.29) is 17.0 Å². The zero-order valence-electron chi connectivity index (χ0n) is 8.03. The second-order valence-electron chi connectivity index (χ2n) is 4.17. The van der Waals surface area contributed by atoms with Gasteiger partial charge in [0.25, 0.3) is 0 Å². The maximum Gasteiger partial charge on any atom is 0.0903 e. The Morgan fingerprint density at radius 3 is 1.40 bits per heavy atom. The van der Waals surface area contributed by atoms with Crippen LogP contribution < -0.4 is 17.0 Å². The highest BCUT2D eigenvalue weighted by Gasteiger charge is 2.28. The SMILES string of the molecule is CC[N+](C)(C)C(C)(C)C.[Br-]. The molecular weight excluding hydrogens is 190 g/mol. The maximum absolute atomic E-state index is 2.27. The average molecular weight is 210 g/mol. The van der Waals surface area contributed by atoms with Crippen molar-refractivity contribution >= 4 is 0 Å². The number of quaternary nitrogens is 1. The van der Waals surface area contributed by atoms with Crippen molar-refractivity contribution in [2.24, 2.45) is 0 Å². The van der Waals surface area contributed by atoms with Crippen molar-refractivity contribution in [2.75, 3.05) is 20.6 Å². The molecule has 64 valence electrons. The van der Waals surface area contributed by atoms with Crippen LogP contribution >= 0.6 is 0 Å². The van der Waals surface area contributed by atoms with Gasteiger partial charge < -0.3 is 21.5 Å². The molecule has 0 aliphatic rings. The van der Waals surface area contributed by atoms with Crippen molar-refractivity contribution < 1.29 is 21.5 Å². The number of halogens is 1. The molecule has 0 aliphatic carbocycles. The van der Waals surface area contributed by atoms with Crippen molar-refractivity contribution in [1.82, 2.24) is 0 Å². The van der Waals surface area contributed by atoms with Crippen LogP contribution in [0.2, 0.25) is 0 Å². The van der Waals surface area contributed by atoms with E-state index in [4.69, 9.17) is 0 Å². The lowest BCUT2D eigenvalue weighted by Gasteiger charge is -2.41. The van der Waals surface area contributed by atoms with Gasteiger partial charge in [0.15, 0.2) is 0 Å². The summed E-state index contributed by atoms with van der Waals surface area (Å²) in [6, 6.07) is 0. The minimum absolute atomic E-state index is 0. The molecule has 0 heterocycles. The van der Waals surface area contributed by atoms with Gasteiger partial charge in [-0.3, -0.25) is 0 Å². The second kappa shape index (κ2) is 3.72. The van der Waals surface area contributed by atoms with Crippen molar-refractivity contribution in [3.05, 3.63) is 0 Å². The molecule has 0 aromatic carbocycles. The molecule has 0 amide bonds. The first-order chi connectivity index (χ1) is 3.81. The fourth-order valence-corrected chi connectivity index (χ4v) is 0.474. The van der Waals surface area contributed by atoms with E-state index in [1.54, 1.807) is 0 Å². The lowest BCUT2D eigenvalue weighted by atomic mass is 10.0. The highest BCUT2D eigenvalue weighted by molar-refractivity contribution is 4.58. The molecule has 0 atom stereocenters. The van der Waals surface area contributed by atoms with Crippen molar-refractivity contribution in [3.8, 4) is 0 Å². The van der Waals surface area contributed by atoms with E-state index in [0.717, 1.165) is 4.48 Å². The molecule has 0 radical (unpaired) electrons. The summed E-state index contributed by atoms with van der Waals surface area (Å²) in [6.45, 7) is 10.2. The van der Waals surface area contributed by atoms with Crippen molar-refractivity contribution in [3.63, 3.8) is 0 Å². The van der Waals surface area contributed by atoms with Crippen LogP contribution in [0.1, 0.15) is 27.7 Å². The molecule has 10 heavy (non-hydrogen) atoms. The highest BCUT2D eigenvalue weighted by Crippen LogP contribution is 2.17. The van der Waals surface area contributed by atoms with Gasteiger partial charge in [-0.2, -0.15) is 0 Å². The highest BCUT2D eigenvalue weighted by atomic mass is 79.9. The van der Waals surface area contributed by atoms with Crippen LogP contribution in [0.4, 0.5) is 0 Å². The Hall–Kier alpha value is 0.440. The predicted octanol–water partition coefficient (Wildman–Crippen LogP) is -1.11. The molecule has 0 fully saturated rings. The van der Waals surface area contributed by atoms with Crippen LogP contribution in [0.15, 0.2) is 0 Å². The molecule has 0 unspecified atom stereocenters. The van der Waals surface area contributed by atoms with Crippen molar-refractivity contribution in [1.29, 1.82) is 0 Å². The Kier molecular flexibility index (Phi) is 4.86. The summed E-state index contributed by atoms with van der Waals surface area (Å²) in [5.41, 5.74) is 0.384. The molecule has 0 aromatic heterocycles. The first-order valence-electron chi connectivity index (χ1n) is 3.64. The largest absolute Gasteiger partial charge is 1.00 e. The summed E-state index contributed by atoms with van der Waals surface area (Å²) in [6.07, 6.45) is 0. The van der Waals surface area contributed by atoms with Crippen LogP contribution in [0, 0.1) is 0 Å². The number of hydrogen-bond donors (Lipinski definition) is 0. The molecule has 0 N–H and O–H groups in total. The smallest absolute Gasteiger partial charge is 0.0903 e. The van der Waals surface area contributed by atoms with E-state index in [1.807, 2.05) is 0 Å². The monoisotopic (exact) mass is 209 g/mol. The van der Waals surface area contributed by atoms with E-state index < -0.39 is 0 Å². The zero-order chi connectivity index (χ0) is 7.71. The predicted molar refractivity (Wildman–Crippen MR) is 42.4 cm³/mol. The number of hydrogen-bond acceptors (Lipinski definition) is 0. The average Bonchev–Trinajstić information content (AvgIpc) is 1.64. The summed E-state index contributed by atoms with van der Waals surface area (Å²) in [5.74, 6) is 0. The lowest BCUT2D eigenvalue weighted by molar-refractivity contribution is -0.934. The molecule has 0 spiro atoms. The van der Waals surface area contributed by atoms with Crippen molar-refractivity contribution in [2.45, 2.75) is 33.2 Å². The Labute approximate surface area is 75.8 Å². The molecule has 0 bridgehead atoms. The number of rotatable bonds is 1. The summed E-state index contributed by atoms with van der Waals surface area (Å²) in [7, 11) is 4.53. The van der Waals surface area contributed by atoms with Gasteiger partial charge in [0, 0.05) is 0 Å². The van der Waals surface area contributed by atoms with Gasteiger partial charge in [0.2, 0.25) is 0 Å².